The number of ether oxygens (including phenoxy) is 2. The smallest absolute Gasteiger partial charge is 0.295 e. The fraction of sp³-hybridized carbons (Fsp3) is 0.391. The lowest BCUT2D eigenvalue weighted by molar-refractivity contribution is -0.140. The van der Waals surface area contributed by atoms with Gasteiger partial charge in [0.05, 0.1) is 30.4 Å². The van der Waals surface area contributed by atoms with Gasteiger partial charge in [0.15, 0.2) is 0 Å². The van der Waals surface area contributed by atoms with Crippen molar-refractivity contribution in [3.05, 3.63) is 56.8 Å². The normalized spacial score (nSPS) is 23.4. The quantitative estimate of drug-likeness (QED) is 0.444. The molecule has 2 aromatic rings. The van der Waals surface area contributed by atoms with Crippen molar-refractivity contribution in [2.45, 2.75) is 38.8 Å². The minimum atomic E-state index is -0.674. The van der Waals surface area contributed by atoms with E-state index in [1.54, 1.807) is 17.0 Å². The van der Waals surface area contributed by atoms with Crippen LogP contribution in [0.25, 0.3) is 5.76 Å². The van der Waals surface area contributed by atoms with Crippen LogP contribution in [0, 0.1) is 13.8 Å². The Balaban J connectivity index is 1.87. The number of methoxy groups -OCH3 is 1. The minimum Gasteiger partial charge on any atom is -0.507 e. The van der Waals surface area contributed by atoms with E-state index < -0.39 is 17.7 Å². The fourth-order valence-electron chi connectivity index (χ4n) is 4.17. The number of ketones is 1. The van der Waals surface area contributed by atoms with Crippen molar-refractivity contribution in [2.24, 2.45) is 0 Å². The number of rotatable bonds is 5. The Hall–Kier alpha value is -2.64. The van der Waals surface area contributed by atoms with Crippen LogP contribution in [-0.2, 0) is 14.3 Å². The molecule has 3 heterocycles. The summed E-state index contributed by atoms with van der Waals surface area (Å²) >= 11 is 1.48. The standard InChI is InChI=1S/C23H25NO5S/c1-13-6-7-17(28-3)16(11-13)20(25)18-19(22-14(2)8-10-30-22)24(23(27)21(18)26)12-15-5-4-9-29-15/h6-8,10-11,15,19,25H,4-5,9,12H2,1-3H3/b20-18+. The fourth-order valence-corrected chi connectivity index (χ4v) is 5.21. The summed E-state index contributed by atoms with van der Waals surface area (Å²) in [5, 5.41) is 13.2. The van der Waals surface area contributed by atoms with Gasteiger partial charge in [-0.1, -0.05) is 11.6 Å². The van der Waals surface area contributed by atoms with E-state index >= 15 is 0 Å². The van der Waals surface area contributed by atoms with Gasteiger partial charge in [-0.15, -0.1) is 11.3 Å². The largest absolute Gasteiger partial charge is 0.507 e. The highest BCUT2D eigenvalue weighted by Crippen LogP contribution is 2.44. The van der Waals surface area contributed by atoms with Crippen LogP contribution in [0.1, 0.15) is 40.5 Å². The Morgan fingerprint density at radius 3 is 2.73 bits per heavy atom. The van der Waals surface area contributed by atoms with E-state index in [4.69, 9.17) is 9.47 Å². The molecule has 158 valence electrons. The number of carbonyl (C=O) groups is 2. The van der Waals surface area contributed by atoms with Gasteiger partial charge in [-0.3, -0.25) is 9.59 Å². The molecule has 2 unspecified atom stereocenters. The molecule has 6 nitrogen and oxygen atoms in total. The molecule has 1 amide bonds. The van der Waals surface area contributed by atoms with Crippen LogP contribution in [0.15, 0.2) is 35.2 Å². The highest BCUT2D eigenvalue weighted by atomic mass is 32.1. The van der Waals surface area contributed by atoms with Gasteiger partial charge in [-0.05, 0) is 55.8 Å². The number of nitrogens with zero attached hydrogens (tertiary/aromatic N) is 1. The first-order chi connectivity index (χ1) is 14.4. The SMILES string of the molecule is COc1ccc(C)cc1/C(O)=C1\C(=O)C(=O)N(CC2CCCO2)C1c1sccc1C. The molecule has 0 aliphatic carbocycles. The molecular formula is C23H25NO5S. The number of hydrogen-bond donors (Lipinski definition) is 1. The van der Waals surface area contributed by atoms with Crippen LogP contribution in [0.3, 0.4) is 0 Å². The second kappa shape index (κ2) is 8.24. The van der Waals surface area contributed by atoms with Crippen molar-refractivity contribution < 1.29 is 24.2 Å². The highest BCUT2D eigenvalue weighted by Gasteiger charge is 2.48. The number of benzene rings is 1. The summed E-state index contributed by atoms with van der Waals surface area (Å²) in [5.41, 5.74) is 2.40. The van der Waals surface area contributed by atoms with Crippen LogP contribution in [0.5, 0.6) is 5.75 Å². The molecule has 0 bridgehead atoms. The zero-order valence-electron chi connectivity index (χ0n) is 17.3. The number of likely N-dealkylation sites (tertiary alicyclic amines) is 1. The lowest BCUT2D eigenvalue weighted by Crippen LogP contribution is -2.36. The third-order valence-electron chi connectivity index (χ3n) is 5.72. The number of aryl methyl sites for hydroxylation is 2. The molecule has 2 atom stereocenters. The Morgan fingerprint density at radius 1 is 1.30 bits per heavy atom. The minimum absolute atomic E-state index is 0.0977. The summed E-state index contributed by atoms with van der Waals surface area (Å²) in [6.07, 6.45) is 1.70. The first-order valence-corrected chi connectivity index (χ1v) is 10.9. The third-order valence-corrected chi connectivity index (χ3v) is 6.80. The maximum atomic E-state index is 13.1. The van der Waals surface area contributed by atoms with Gasteiger partial charge in [0.2, 0.25) is 0 Å². The second-order valence-electron chi connectivity index (χ2n) is 7.76. The predicted molar refractivity (Wildman–Crippen MR) is 115 cm³/mol. The molecule has 1 N–H and O–H groups in total. The molecule has 0 saturated carbocycles. The second-order valence-corrected chi connectivity index (χ2v) is 8.71. The molecule has 2 aliphatic rings. The van der Waals surface area contributed by atoms with Crippen LogP contribution >= 0.6 is 11.3 Å². The summed E-state index contributed by atoms with van der Waals surface area (Å²) < 4.78 is 11.1. The number of carbonyl (C=O) groups excluding carboxylic acids is 2. The Morgan fingerprint density at radius 2 is 2.10 bits per heavy atom. The summed E-state index contributed by atoms with van der Waals surface area (Å²) in [4.78, 5) is 28.6. The average molecular weight is 428 g/mol. The molecule has 2 saturated heterocycles. The van der Waals surface area contributed by atoms with Crippen molar-refractivity contribution in [2.75, 3.05) is 20.3 Å². The number of thiophene rings is 1. The zero-order chi connectivity index (χ0) is 21.4. The van der Waals surface area contributed by atoms with E-state index in [9.17, 15) is 14.7 Å². The van der Waals surface area contributed by atoms with Gasteiger partial charge in [-0.25, -0.2) is 0 Å². The maximum Gasteiger partial charge on any atom is 0.295 e. The van der Waals surface area contributed by atoms with Gasteiger partial charge in [0.25, 0.3) is 11.7 Å². The van der Waals surface area contributed by atoms with E-state index in [-0.39, 0.29) is 17.4 Å². The molecule has 4 rings (SSSR count). The van der Waals surface area contributed by atoms with Gasteiger partial charge < -0.3 is 19.5 Å². The lowest BCUT2D eigenvalue weighted by Gasteiger charge is -2.27. The summed E-state index contributed by atoms with van der Waals surface area (Å²) in [6, 6.07) is 6.70. The van der Waals surface area contributed by atoms with Gasteiger partial charge in [-0.2, -0.15) is 0 Å². The number of hydrogen-bond acceptors (Lipinski definition) is 6. The maximum absolute atomic E-state index is 13.1. The predicted octanol–water partition coefficient (Wildman–Crippen LogP) is 3.97. The third kappa shape index (κ3) is 3.52. The zero-order valence-corrected chi connectivity index (χ0v) is 18.1. The Labute approximate surface area is 179 Å². The molecular weight excluding hydrogens is 402 g/mol. The molecule has 0 spiro atoms. The van der Waals surface area contributed by atoms with Crippen LogP contribution in [-0.4, -0.2) is 48.1 Å². The van der Waals surface area contributed by atoms with E-state index in [0.717, 1.165) is 28.8 Å². The van der Waals surface area contributed by atoms with Crippen LogP contribution in [0.4, 0.5) is 0 Å². The lowest BCUT2D eigenvalue weighted by atomic mass is 9.97. The molecule has 1 aromatic heterocycles. The molecule has 30 heavy (non-hydrogen) atoms. The van der Waals surface area contributed by atoms with Crippen LogP contribution in [0.2, 0.25) is 0 Å². The topological polar surface area (TPSA) is 76.1 Å². The summed E-state index contributed by atoms with van der Waals surface area (Å²) in [7, 11) is 1.51. The highest BCUT2D eigenvalue weighted by molar-refractivity contribution is 7.10. The molecule has 0 radical (unpaired) electrons. The van der Waals surface area contributed by atoms with E-state index in [1.165, 1.54) is 18.4 Å². The summed E-state index contributed by atoms with van der Waals surface area (Å²) in [5.74, 6) is -1.03. The van der Waals surface area contributed by atoms with Crippen LogP contribution < -0.4 is 4.74 Å². The monoisotopic (exact) mass is 427 g/mol. The number of amides is 1. The number of aliphatic hydroxyl groups is 1. The molecule has 2 fully saturated rings. The Bertz CT molecular complexity index is 1020. The molecule has 7 heteroatoms. The van der Waals surface area contributed by atoms with E-state index in [2.05, 4.69) is 0 Å². The van der Waals surface area contributed by atoms with Crippen molar-refractivity contribution >= 4 is 28.8 Å². The first-order valence-electron chi connectivity index (χ1n) is 10.0. The molecule has 1 aromatic carbocycles. The number of aliphatic hydroxyl groups excluding tert-OH is 1. The average Bonchev–Trinajstić information content (AvgIpc) is 3.45. The molecule has 2 aliphatic heterocycles. The van der Waals surface area contributed by atoms with Gasteiger partial charge in [0.1, 0.15) is 11.5 Å². The van der Waals surface area contributed by atoms with E-state index in [1.807, 2.05) is 31.4 Å². The van der Waals surface area contributed by atoms with Crippen molar-refractivity contribution in [3.8, 4) is 5.75 Å². The Kier molecular flexibility index (Phi) is 5.66. The van der Waals surface area contributed by atoms with Crippen molar-refractivity contribution in [1.82, 2.24) is 4.90 Å². The summed E-state index contributed by atoms with van der Waals surface area (Å²) in [6.45, 7) is 4.84. The van der Waals surface area contributed by atoms with Crippen molar-refractivity contribution in [1.29, 1.82) is 0 Å². The first kappa shape index (κ1) is 20.6. The van der Waals surface area contributed by atoms with Gasteiger partial charge >= 0.3 is 0 Å². The van der Waals surface area contributed by atoms with Crippen molar-refractivity contribution in [3.63, 3.8) is 0 Å². The number of Topliss-reactive ketones (excluding diaryl/α,β-unsaturated/α-hetero) is 1. The van der Waals surface area contributed by atoms with E-state index in [0.29, 0.717) is 24.5 Å². The van der Waals surface area contributed by atoms with Gasteiger partial charge in [0, 0.05) is 18.0 Å².